The van der Waals surface area contributed by atoms with Crippen molar-refractivity contribution in [1.29, 1.82) is 0 Å². The minimum atomic E-state index is -0.176. The van der Waals surface area contributed by atoms with Gasteiger partial charge in [-0.05, 0) is 24.6 Å². The summed E-state index contributed by atoms with van der Waals surface area (Å²) in [6.45, 7) is 2.23. The zero-order chi connectivity index (χ0) is 14.8. The Labute approximate surface area is 119 Å². The van der Waals surface area contributed by atoms with Gasteiger partial charge in [0.2, 0.25) is 0 Å². The molecule has 0 saturated carbocycles. The van der Waals surface area contributed by atoms with E-state index < -0.39 is 0 Å². The van der Waals surface area contributed by atoms with E-state index >= 15 is 0 Å². The van der Waals surface area contributed by atoms with Gasteiger partial charge in [0.05, 0.1) is 12.3 Å². The van der Waals surface area contributed by atoms with Gasteiger partial charge < -0.3 is 25.3 Å². The molecule has 0 aromatic heterocycles. The standard InChI is InChI=1S/C14H22N2O4/c1-16-14(17)11-4-5-13(12(15)10-11)20-9-8-19-7-3-6-18-2/h4-5,10H,3,6-9,15H2,1-2H3,(H,16,17). The summed E-state index contributed by atoms with van der Waals surface area (Å²) < 4.78 is 15.8. The van der Waals surface area contributed by atoms with Crippen LogP contribution in [0.2, 0.25) is 0 Å². The number of ether oxygens (including phenoxy) is 3. The van der Waals surface area contributed by atoms with Crippen molar-refractivity contribution >= 4 is 11.6 Å². The van der Waals surface area contributed by atoms with E-state index in [2.05, 4.69) is 5.32 Å². The first-order valence-corrected chi connectivity index (χ1v) is 6.50. The Morgan fingerprint density at radius 2 is 2.05 bits per heavy atom. The number of nitrogens with two attached hydrogens (primary N) is 1. The van der Waals surface area contributed by atoms with E-state index in [-0.39, 0.29) is 5.91 Å². The van der Waals surface area contributed by atoms with Crippen LogP contribution in [-0.4, -0.2) is 46.5 Å². The van der Waals surface area contributed by atoms with Crippen molar-refractivity contribution in [3.8, 4) is 5.75 Å². The van der Waals surface area contributed by atoms with Crippen LogP contribution in [0.15, 0.2) is 18.2 Å². The second kappa shape index (κ2) is 9.17. The Morgan fingerprint density at radius 3 is 2.70 bits per heavy atom. The summed E-state index contributed by atoms with van der Waals surface area (Å²) in [6, 6.07) is 4.95. The van der Waals surface area contributed by atoms with Gasteiger partial charge in [0, 0.05) is 32.9 Å². The first-order chi connectivity index (χ1) is 9.69. The molecule has 0 unspecified atom stereocenters. The maximum absolute atomic E-state index is 11.4. The number of methoxy groups -OCH3 is 1. The largest absolute Gasteiger partial charge is 0.489 e. The van der Waals surface area contributed by atoms with Gasteiger partial charge in [0.25, 0.3) is 5.91 Å². The number of benzene rings is 1. The van der Waals surface area contributed by atoms with E-state index in [0.717, 1.165) is 6.42 Å². The number of carbonyl (C=O) groups is 1. The van der Waals surface area contributed by atoms with Crippen molar-refractivity contribution in [3.05, 3.63) is 23.8 Å². The lowest BCUT2D eigenvalue weighted by molar-refractivity contribution is 0.0808. The minimum Gasteiger partial charge on any atom is -0.489 e. The molecular weight excluding hydrogens is 260 g/mol. The predicted octanol–water partition coefficient (Wildman–Crippen LogP) is 1.06. The molecule has 0 aliphatic heterocycles. The molecule has 0 aliphatic carbocycles. The molecule has 3 N–H and O–H groups in total. The van der Waals surface area contributed by atoms with Gasteiger partial charge in [-0.25, -0.2) is 0 Å². The Kier molecular flexibility index (Phi) is 7.46. The van der Waals surface area contributed by atoms with Crippen LogP contribution in [0.1, 0.15) is 16.8 Å². The zero-order valence-electron chi connectivity index (χ0n) is 12.0. The third-order valence-electron chi connectivity index (χ3n) is 2.62. The summed E-state index contributed by atoms with van der Waals surface area (Å²) in [4.78, 5) is 11.4. The Balaban J connectivity index is 2.32. The third-order valence-corrected chi connectivity index (χ3v) is 2.62. The first kappa shape index (κ1) is 16.3. The maximum Gasteiger partial charge on any atom is 0.251 e. The molecule has 0 saturated heterocycles. The van der Waals surface area contributed by atoms with Crippen molar-refractivity contribution in [2.75, 3.05) is 46.3 Å². The first-order valence-electron chi connectivity index (χ1n) is 6.50. The van der Waals surface area contributed by atoms with Gasteiger partial charge in [0.1, 0.15) is 12.4 Å². The number of rotatable bonds is 9. The Morgan fingerprint density at radius 1 is 1.25 bits per heavy atom. The molecule has 0 fully saturated rings. The molecule has 6 nitrogen and oxygen atoms in total. The molecule has 0 heterocycles. The molecule has 1 rings (SSSR count). The van der Waals surface area contributed by atoms with Crippen LogP contribution in [0.4, 0.5) is 5.69 Å². The lowest BCUT2D eigenvalue weighted by Gasteiger charge is -2.10. The number of carbonyl (C=O) groups excluding carboxylic acids is 1. The number of hydrogen-bond acceptors (Lipinski definition) is 5. The lowest BCUT2D eigenvalue weighted by atomic mass is 10.2. The number of nitrogen functional groups attached to an aromatic ring is 1. The summed E-state index contributed by atoms with van der Waals surface area (Å²) in [7, 11) is 3.23. The van der Waals surface area contributed by atoms with Gasteiger partial charge in [-0.1, -0.05) is 0 Å². The van der Waals surface area contributed by atoms with Crippen LogP contribution in [-0.2, 0) is 9.47 Å². The van der Waals surface area contributed by atoms with E-state index in [9.17, 15) is 4.79 Å². The van der Waals surface area contributed by atoms with Gasteiger partial charge in [-0.2, -0.15) is 0 Å². The highest BCUT2D eigenvalue weighted by Gasteiger charge is 2.07. The Bertz CT molecular complexity index is 424. The molecule has 0 aliphatic rings. The van der Waals surface area contributed by atoms with E-state index in [1.807, 2.05) is 0 Å². The van der Waals surface area contributed by atoms with Gasteiger partial charge >= 0.3 is 0 Å². The summed E-state index contributed by atoms with van der Waals surface area (Å²) in [5, 5.41) is 2.54. The van der Waals surface area contributed by atoms with Crippen molar-refractivity contribution < 1.29 is 19.0 Å². The molecule has 0 radical (unpaired) electrons. The second-order valence-electron chi connectivity index (χ2n) is 4.14. The normalized spacial score (nSPS) is 10.3. The summed E-state index contributed by atoms with van der Waals surface area (Å²) in [5.74, 6) is 0.378. The zero-order valence-corrected chi connectivity index (χ0v) is 12.0. The average molecular weight is 282 g/mol. The van der Waals surface area contributed by atoms with Crippen LogP contribution in [0.5, 0.6) is 5.75 Å². The molecule has 0 bridgehead atoms. The topological polar surface area (TPSA) is 82.8 Å². The minimum absolute atomic E-state index is 0.176. The highest BCUT2D eigenvalue weighted by Crippen LogP contribution is 2.22. The van der Waals surface area contributed by atoms with Gasteiger partial charge in [0.15, 0.2) is 0 Å². The summed E-state index contributed by atoms with van der Waals surface area (Å²) in [6.07, 6.45) is 0.861. The molecule has 20 heavy (non-hydrogen) atoms. The van der Waals surface area contributed by atoms with E-state index in [1.165, 1.54) is 0 Å². The molecule has 0 atom stereocenters. The van der Waals surface area contributed by atoms with E-state index in [0.29, 0.717) is 43.4 Å². The summed E-state index contributed by atoms with van der Waals surface area (Å²) >= 11 is 0. The lowest BCUT2D eigenvalue weighted by Crippen LogP contribution is -2.18. The van der Waals surface area contributed by atoms with E-state index in [1.54, 1.807) is 32.4 Å². The molecule has 6 heteroatoms. The van der Waals surface area contributed by atoms with Crippen LogP contribution in [0, 0.1) is 0 Å². The predicted molar refractivity (Wildman–Crippen MR) is 77.1 cm³/mol. The summed E-state index contributed by atoms with van der Waals surface area (Å²) in [5.41, 5.74) is 6.78. The molecule has 0 spiro atoms. The Hall–Kier alpha value is -1.79. The van der Waals surface area contributed by atoms with Crippen molar-refractivity contribution in [2.45, 2.75) is 6.42 Å². The fourth-order valence-corrected chi connectivity index (χ4v) is 1.58. The average Bonchev–Trinajstić information content (AvgIpc) is 2.46. The van der Waals surface area contributed by atoms with Crippen LogP contribution in [0.3, 0.4) is 0 Å². The number of hydrogen-bond donors (Lipinski definition) is 2. The van der Waals surface area contributed by atoms with E-state index in [4.69, 9.17) is 19.9 Å². The number of nitrogens with one attached hydrogen (secondary N) is 1. The van der Waals surface area contributed by atoms with Gasteiger partial charge in [-0.3, -0.25) is 4.79 Å². The fourth-order valence-electron chi connectivity index (χ4n) is 1.58. The molecule has 1 amide bonds. The van der Waals surface area contributed by atoms with Crippen molar-refractivity contribution in [3.63, 3.8) is 0 Å². The smallest absolute Gasteiger partial charge is 0.251 e. The molecule has 1 aromatic rings. The number of anilines is 1. The highest BCUT2D eigenvalue weighted by molar-refractivity contribution is 5.95. The highest BCUT2D eigenvalue weighted by atomic mass is 16.5. The maximum atomic E-state index is 11.4. The van der Waals surface area contributed by atoms with Crippen molar-refractivity contribution in [2.24, 2.45) is 0 Å². The van der Waals surface area contributed by atoms with Crippen LogP contribution >= 0.6 is 0 Å². The molecule has 112 valence electrons. The van der Waals surface area contributed by atoms with Crippen molar-refractivity contribution in [1.82, 2.24) is 5.32 Å². The van der Waals surface area contributed by atoms with Gasteiger partial charge in [-0.15, -0.1) is 0 Å². The fraction of sp³-hybridized carbons (Fsp3) is 0.500. The third kappa shape index (κ3) is 5.46. The van der Waals surface area contributed by atoms with Crippen LogP contribution < -0.4 is 15.8 Å². The molecule has 1 aromatic carbocycles. The number of amides is 1. The molecular formula is C14H22N2O4. The van der Waals surface area contributed by atoms with Crippen LogP contribution in [0.25, 0.3) is 0 Å². The quantitative estimate of drug-likeness (QED) is 0.523. The SMILES string of the molecule is CNC(=O)c1ccc(OCCOCCCOC)c(N)c1. The monoisotopic (exact) mass is 282 g/mol. The second-order valence-corrected chi connectivity index (χ2v) is 4.14.